The lowest BCUT2D eigenvalue weighted by Gasteiger charge is -2.08. The molecule has 4 heteroatoms. The number of carbonyl (C=O) groups is 1. The van der Waals surface area contributed by atoms with E-state index in [1.165, 1.54) is 5.56 Å². The highest BCUT2D eigenvalue weighted by molar-refractivity contribution is 5.80. The van der Waals surface area contributed by atoms with E-state index in [4.69, 9.17) is 10.5 Å². The number of carbonyl (C=O) groups excluding carboxylic acids is 1. The smallest absolute Gasteiger partial charge is 0.236 e. The molecule has 0 aliphatic heterocycles. The fourth-order valence-electron chi connectivity index (χ4n) is 1.41. The van der Waals surface area contributed by atoms with Crippen molar-refractivity contribution in [1.29, 1.82) is 0 Å². The highest BCUT2D eigenvalue weighted by atomic mass is 16.5. The fourth-order valence-corrected chi connectivity index (χ4v) is 1.41. The molecule has 1 amide bonds. The lowest BCUT2D eigenvalue weighted by Crippen LogP contribution is -2.39. The van der Waals surface area contributed by atoms with Gasteiger partial charge in [0.15, 0.2) is 0 Å². The maximum atomic E-state index is 11.2. The first-order valence-electron chi connectivity index (χ1n) is 5.88. The van der Waals surface area contributed by atoms with E-state index in [0.29, 0.717) is 13.2 Å². The van der Waals surface area contributed by atoms with E-state index in [1.54, 1.807) is 6.92 Å². The Bertz CT molecular complexity index is 347. The van der Waals surface area contributed by atoms with Gasteiger partial charge in [0.1, 0.15) is 5.75 Å². The summed E-state index contributed by atoms with van der Waals surface area (Å²) < 4.78 is 5.35. The van der Waals surface area contributed by atoms with Gasteiger partial charge in [-0.2, -0.15) is 0 Å². The van der Waals surface area contributed by atoms with Crippen molar-refractivity contribution in [3.8, 4) is 5.75 Å². The van der Waals surface area contributed by atoms with Crippen LogP contribution in [0.5, 0.6) is 5.75 Å². The average Bonchev–Trinajstić information content (AvgIpc) is 2.31. The third-order valence-electron chi connectivity index (χ3n) is 2.36. The van der Waals surface area contributed by atoms with Gasteiger partial charge < -0.3 is 15.8 Å². The highest BCUT2D eigenvalue weighted by Gasteiger charge is 2.05. The molecule has 1 atom stereocenters. The fraction of sp³-hybridized carbons (Fsp3) is 0.462. The van der Waals surface area contributed by atoms with Gasteiger partial charge in [0, 0.05) is 6.54 Å². The van der Waals surface area contributed by atoms with Crippen LogP contribution in [0.15, 0.2) is 24.3 Å². The lowest BCUT2D eigenvalue weighted by atomic mass is 10.1. The number of nitrogens with two attached hydrogens (primary N) is 1. The molecule has 0 heterocycles. The van der Waals surface area contributed by atoms with Crippen molar-refractivity contribution >= 4 is 5.91 Å². The molecule has 3 N–H and O–H groups in total. The minimum atomic E-state index is -0.449. The Morgan fingerprint density at radius 1 is 1.41 bits per heavy atom. The van der Waals surface area contributed by atoms with Crippen molar-refractivity contribution < 1.29 is 9.53 Å². The van der Waals surface area contributed by atoms with Gasteiger partial charge in [0.05, 0.1) is 12.6 Å². The van der Waals surface area contributed by atoms with Gasteiger partial charge >= 0.3 is 0 Å². The molecule has 17 heavy (non-hydrogen) atoms. The molecular formula is C13H20N2O2. The molecule has 0 aliphatic rings. The maximum absolute atomic E-state index is 11.2. The van der Waals surface area contributed by atoms with Gasteiger partial charge in [-0.15, -0.1) is 0 Å². The van der Waals surface area contributed by atoms with E-state index >= 15 is 0 Å². The van der Waals surface area contributed by atoms with Crippen molar-refractivity contribution in [2.24, 2.45) is 5.73 Å². The third kappa shape index (κ3) is 4.87. The van der Waals surface area contributed by atoms with E-state index in [-0.39, 0.29) is 5.91 Å². The van der Waals surface area contributed by atoms with Crippen molar-refractivity contribution in [3.05, 3.63) is 29.8 Å². The first kappa shape index (κ1) is 13.5. The molecule has 0 aromatic heterocycles. The van der Waals surface area contributed by atoms with Gasteiger partial charge in [0.25, 0.3) is 0 Å². The molecular weight excluding hydrogens is 216 g/mol. The summed E-state index contributed by atoms with van der Waals surface area (Å²) in [6.07, 6.45) is 0.796. The van der Waals surface area contributed by atoms with Crippen LogP contribution in [-0.2, 0) is 11.2 Å². The molecule has 94 valence electrons. The second-order valence-electron chi connectivity index (χ2n) is 3.91. The highest BCUT2D eigenvalue weighted by Crippen LogP contribution is 2.12. The zero-order valence-electron chi connectivity index (χ0n) is 10.4. The van der Waals surface area contributed by atoms with Gasteiger partial charge in [-0.25, -0.2) is 0 Å². The molecule has 1 aromatic rings. The number of ether oxygens (including phenoxy) is 1. The lowest BCUT2D eigenvalue weighted by molar-refractivity contribution is -0.121. The summed E-state index contributed by atoms with van der Waals surface area (Å²) in [6, 6.07) is 7.43. The van der Waals surface area contributed by atoms with Crippen LogP contribution in [0.3, 0.4) is 0 Å². The molecule has 0 fully saturated rings. The molecule has 1 aromatic carbocycles. The minimum absolute atomic E-state index is 0.115. The minimum Gasteiger partial charge on any atom is -0.494 e. The predicted molar refractivity (Wildman–Crippen MR) is 68.0 cm³/mol. The molecule has 1 rings (SSSR count). The zero-order valence-corrected chi connectivity index (χ0v) is 10.4. The number of hydrogen-bond donors (Lipinski definition) is 2. The van der Waals surface area contributed by atoms with E-state index in [2.05, 4.69) is 5.32 Å². The molecule has 0 saturated heterocycles. The van der Waals surface area contributed by atoms with E-state index in [9.17, 15) is 4.79 Å². The van der Waals surface area contributed by atoms with Crippen LogP contribution in [0.1, 0.15) is 19.4 Å². The van der Waals surface area contributed by atoms with Gasteiger partial charge in [-0.05, 0) is 38.0 Å². The monoisotopic (exact) mass is 236 g/mol. The van der Waals surface area contributed by atoms with Crippen molar-refractivity contribution in [3.63, 3.8) is 0 Å². The van der Waals surface area contributed by atoms with Crippen molar-refractivity contribution in [2.75, 3.05) is 13.2 Å². The quantitative estimate of drug-likeness (QED) is 0.777. The number of hydrogen-bond acceptors (Lipinski definition) is 3. The summed E-state index contributed by atoms with van der Waals surface area (Å²) in [6.45, 7) is 4.90. The van der Waals surface area contributed by atoms with Crippen molar-refractivity contribution in [2.45, 2.75) is 26.3 Å². The van der Waals surface area contributed by atoms with E-state index in [1.807, 2.05) is 31.2 Å². The summed E-state index contributed by atoms with van der Waals surface area (Å²) in [4.78, 5) is 11.2. The SMILES string of the molecule is CCOc1ccc(CCNC(=O)C(C)N)cc1. The second-order valence-corrected chi connectivity index (χ2v) is 3.91. The van der Waals surface area contributed by atoms with Crippen LogP contribution in [0.4, 0.5) is 0 Å². The zero-order chi connectivity index (χ0) is 12.7. The standard InChI is InChI=1S/C13H20N2O2/c1-3-17-12-6-4-11(5-7-12)8-9-15-13(16)10(2)14/h4-7,10H,3,8-9,14H2,1-2H3,(H,15,16). The van der Waals surface area contributed by atoms with E-state index < -0.39 is 6.04 Å². The number of benzene rings is 1. The first-order chi connectivity index (χ1) is 8.13. The number of nitrogens with one attached hydrogen (secondary N) is 1. The van der Waals surface area contributed by atoms with Crippen molar-refractivity contribution in [1.82, 2.24) is 5.32 Å². The predicted octanol–water partition coefficient (Wildman–Crippen LogP) is 1.09. The maximum Gasteiger partial charge on any atom is 0.236 e. The Morgan fingerprint density at radius 2 is 2.06 bits per heavy atom. The van der Waals surface area contributed by atoms with Gasteiger partial charge in [-0.1, -0.05) is 12.1 Å². The number of rotatable bonds is 6. The van der Waals surface area contributed by atoms with Gasteiger partial charge in [0.2, 0.25) is 5.91 Å². The molecule has 4 nitrogen and oxygen atoms in total. The summed E-state index contributed by atoms with van der Waals surface area (Å²) in [7, 11) is 0. The number of amides is 1. The average molecular weight is 236 g/mol. The topological polar surface area (TPSA) is 64.3 Å². The molecule has 0 saturated carbocycles. The van der Waals surface area contributed by atoms with Crippen LogP contribution in [0.25, 0.3) is 0 Å². The summed E-state index contributed by atoms with van der Waals surface area (Å²) in [5.74, 6) is 0.756. The van der Waals surface area contributed by atoms with E-state index in [0.717, 1.165) is 12.2 Å². The normalized spacial score (nSPS) is 11.9. The van der Waals surface area contributed by atoms with Crippen LogP contribution in [0, 0.1) is 0 Å². The molecule has 1 unspecified atom stereocenters. The molecule has 0 aliphatic carbocycles. The molecule has 0 radical (unpaired) electrons. The molecule has 0 spiro atoms. The van der Waals surface area contributed by atoms with Gasteiger partial charge in [-0.3, -0.25) is 4.79 Å². The van der Waals surface area contributed by atoms with Crippen LogP contribution in [0.2, 0.25) is 0 Å². The third-order valence-corrected chi connectivity index (χ3v) is 2.36. The Labute approximate surface area is 102 Å². The van der Waals surface area contributed by atoms with Crippen LogP contribution < -0.4 is 15.8 Å². The Morgan fingerprint density at radius 3 is 2.59 bits per heavy atom. The van der Waals surface area contributed by atoms with Crippen LogP contribution in [-0.4, -0.2) is 25.1 Å². The Hall–Kier alpha value is -1.55. The summed E-state index contributed by atoms with van der Waals surface area (Å²) >= 11 is 0. The second kappa shape index (κ2) is 6.91. The van der Waals surface area contributed by atoms with Crippen LogP contribution >= 0.6 is 0 Å². The molecule has 0 bridgehead atoms. The Balaban J connectivity index is 2.34. The largest absolute Gasteiger partial charge is 0.494 e. The summed E-state index contributed by atoms with van der Waals surface area (Å²) in [5, 5.41) is 2.78. The Kier molecular flexibility index (Phi) is 5.49. The summed E-state index contributed by atoms with van der Waals surface area (Å²) in [5.41, 5.74) is 6.61. The first-order valence-corrected chi connectivity index (χ1v) is 5.88.